The number of aliphatic imine (C=N–C) groups is 1. The zero-order valence-corrected chi connectivity index (χ0v) is 16.7. The molecule has 0 amide bonds. The van der Waals surface area contributed by atoms with E-state index in [2.05, 4.69) is 11.9 Å². The number of unbranched alkanes of at least 4 members (excludes halogenated alkanes) is 11. The quantitative estimate of drug-likeness (QED) is 0.142. The molecular formula is C19H40ClN3O2. The van der Waals surface area contributed by atoms with Crippen molar-refractivity contribution >= 4 is 18.4 Å². The third-order valence-corrected chi connectivity index (χ3v) is 4.20. The first-order valence-corrected chi connectivity index (χ1v) is 9.66. The predicted octanol–water partition coefficient (Wildman–Crippen LogP) is 3.66. The molecule has 2 atom stereocenters. The van der Waals surface area contributed by atoms with Crippen molar-refractivity contribution in [1.82, 2.24) is 0 Å². The number of nitrogens with zero attached hydrogens (tertiary/aromatic N) is 1. The standard InChI is InChI=1S/C19H39N3O2.ClH/c1-2-3-4-5-6-7-8-9-10-11-12-13-14-15-18(24)17(16-23)22-19(20)21;/h14-15,17-18,23-24H,2-13,16H2,1H3,(H4,20,21,22);1H/b15-14+;/t17-,18+;/m0./s1. The van der Waals surface area contributed by atoms with E-state index >= 15 is 0 Å². The van der Waals surface area contributed by atoms with Gasteiger partial charge < -0.3 is 21.7 Å². The van der Waals surface area contributed by atoms with E-state index in [1.807, 2.05) is 6.08 Å². The van der Waals surface area contributed by atoms with Gasteiger partial charge in [0.15, 0.2) is 5.96 Å². The molecule has 6 heteroatoms. The van der Waals surface area contributed by atoms with Gasteiger partial charge in [-0.15, -0.1) is 12.4 Å². The van der Waals surface area contributed by atoms with Crippen LogP contribution in [0.5, 0.6) is 0 Å². The van der Waals surface area contributed by atoms with E-state index in [0.717, 1.165) is 12.8 Å². The Bertz CT molecular complexity index is 335. The smallest absolute Gasteiger partial charge is 0.186 e. The number of rotatable bonds is 16. The first-order chi connectivity index (χ1) is 11.6. The average molecular weight is 378 g/mol. The molecule has 150 valence electrons. The second-order valence-corrected chi connectivity index (χ2v) is 6.55. The average Bonchev–Trinajstić information content (AvgIpc) is 2.56. The molecular weight excluding hydrogens is 338 g/mol. The molecule has 0 saturated heterocycles. The van der Waals surface area contributed by atoms with E-state index in [1.54, 1.807) is 6.08 Å². The highest BCUT2D eigenvalue weighted by molar-refractivity contribution is 5.85. The van der Waals surface area contributed by atoms with Gasteiger partial charge in [0.25, 0.3) is 0 Å². The number of guanidine groups is 1. The van der Waals surface area contributed by atoms with Crippen molar-refractivity contribution in [3.8, 4) is 0 Å². The van der Waals surface area contributed by atoms with Crippen LogP contribution >= 0.6 is 12.4 Å². The van der Waals surface area contributed by atoms with Crippen LogP contribution in [-0.2, 0) is 0 Å². The summed E-state index contributed by atoms with van der Waals surface area (Å²) >= 11 is 0. The fourth-order valence-corrected chi connectivity index (χ4v) is 2.71. The summed E-state index contributed by atoms with van der Waals surface area (Å²) in [4.78, 5) is 3.80. The SMILES string of the molecule is CCCCCCCCCCCCC/C=C/[C@@H](O)[C@H](CO)N=C(N)N.Cl. The number of hydrogen-bond donors (Lipinski definition) is 4. The largest absolute Gasteiger partial charge is 0.394 e. The first kappa shape index (κ1) is 26.4. The second-order valence-electron chi connectivity index (χ2n) is 6.55. The van der Waals surface area contributed by atoms with Crippen LogP contribution in [0.15, 0.2) is 17.1 Å². The Morgan fingerprint density at radius 3 is 1.84 bits per heavy atom. The van der Waals surface area contributed by atoms with Gasteiger partial charge >= 0.3 is 0 Å². The molecule has 0 rings (SSSR count). The topological polar surface area (TPSA) is 105 Å². The minimum absolute atomic E-state index is 0. The van der Waals surface area contributed by atoms with Gasteiger partial charge in [-0.2, -0.15) is 0 Å². The van der Waals surface area contributed by atoms with Crippen molar-refractivity contribution < 1.29 is 10.2 Å². The fourth-order valence-electron chi connectivity index (χ4n) is 2.71. The lowest BCUT2D eigenvalue weighted by molar-refractivity contribution is 0.145. The third-order valence-electron chi connectivity index (χ3n) is 4.20. The normalized spacial score (nSPS) is 13.4. The maximum absolute atomic E-state index is 9.87. The molecule has 5 nitrogen and oxygen atoms in total. The fraction of sp³-hybridized carbons (Fsp3) is 0.842. The Hall–Kier alpha value is -0.780. The lowest BCUT2D eigenvalue weighted by Gasteiger charge is -2.13. The van der Waals surface area contributed by atoms with E-state index in [9.17, 15) is 5.11 Å². The lowest BCUT2D eigenvalue weighted by atomic mass is 10.0. The van der Waals surface area contributed by atoms with Gasteiger partial charge in [-0.25, -0.2) is 4.99 Å². The molecule has 0 fully saturated rings. The Kier molecular flexibility index (Phi) is 20.7. The maximum atomic E-state index is 9.87. The van der Waals surface area contributed by atoms with Crippen LogP contribution in [0.4, 0.5) is 0 Å². The minimum Gasteiger partial charge on any atom is -0.394 e. The highest BCUT2D eigenvalue weighted by Crippen LogP contribution is 2.12. The second kappa shape index (κ2) is 19.5. The summed E-state index contributed by atoms with van der Waals surface area (Å²) in [6.07, 6.45) is 18.3. The zero-order valence-electron chi connectivity index (χ0n) is 15.9. The molecule has 0 spiro atoms. The number of allylic oxidation sites excluding steroid dienone is 1. The number of halogens is 1. The van der Waals surface area contributed by atoms with Gasteiger partial charge in [-0.05, 0) is 12.8 Å². The Morgan fingerprint density at radius 2 is 1.40 bits per heavy atom. The predicted molar refractivity (Wildman–Crippen MR) is 110 cm³/mol. The maximum Gasteiger partial charge on any atom is 0.186 e. The molecule has 0 aromatic carbocycles. The van der Waals surface area contributed by atoms with E-state index < -0.39 is 12.1 Å². The van der Waals surface area contributed by atoms with E-state index in [-0.39, 0.29) is 25.0 Å². The van der Waals surface area contributed by atoms with Crippen LogP contribution in [0, 0.1) is 0 Å². The van der Waals surface area contributed by atoms with Crippen LogP contribution in [0.2, 0.25) is 0 Å². The van der Waals surface area contributed by atoms with E-state index in [1.165, 1.54) is 64.2 Å². The number of aliphatic hydroxyl groups excluding tert-OH is 2. The Labute approximate surface area is 160 Å². The van der Waals surface area contributed by atoms with Crippen molar-refractivity contribution in [2.45, 2.75) is 96.1 Å². The number of hydrogen-bond acceptors (Lipinski definition) is 3. The van der Waals surface area contributed by atoms with Crippen LogP contribution < -0.4 is 11.5 Å². The molecule has 0 aliphatic carbocycles. The van der Waals surface area contributed by atoms with Gasteiger partial charge in [0, 0.05) is 0 Å². The minimum atomic E-state index is -0.843. The highest BCUT2D eigenvalue weighted by Gasteiger charge is 2.14. The summed E-state index contributed by atoms with van der Waals surface area (Å²) < 4.78 is 0. The van der Waals surface area contributed by atoms with Crippen molar-refractivity contribution in [1.29, 1.82) is 0 Å². The highest BCUT2D eigenvalue weighted by atomic mass is 35.5. The zero-order chi connectivity index (χ0) is 18.0. The molecule has 0 bridgehead atoms. The van der Waals surface area contributed by atoms with Crippen molar-refractivity contribution in [2.24, 2.45) is 16.5 Å². The van der Waals surface area contributed by atoms with Crippen molar-refractivity contribution in [3.05, 3.63) is 12.2 Å². The third kappa shape index (κ3) is 17.8. The monoisotopic (exact) mass is 377 g/mol. The summed E-state index contributed by atoms with van der Waals surface area (Å²) in [7, 11) is 0. The molecule has 0 heterocycles. The van der Waals surface area contributed by atoms with Crippen molar-refractivity contribution in [3.63, 3.8) is 0 Å². The molecule has 6 N–H and O–H groups in total. The summed E-state index contributed by atoms with van der Waals surface area (Å²) in [5.74, 6) is -0.119. The molecule has 0 aliphatic rings. The van der Waals surface area contributed by atoms with Gasteiger partial charge in [-0.3, -0.25) is 0 Å². The Balaban J connectivity index is 0. The molecule has 0 aliphatic heterocycles. The molecule has 0 aromatic heterocycles. The number of nitrogens with two attached hydrogens (primary N) is 2. The van der Waals surface area contributed by atoms with Gasteiger partial charge in [-0.1, -0.05) is 83.3 Å². The molecule has 0 aromatic rings. The van der Waals surface area contributed by atoms with E-state index in [4.69, 9.17) is 16.6 Å². The molecule has 0 unspecified atom stereocenters. The van der Waals surface area contributed by atoms with Gasteiger partial charge in [0.2, 0.25) is 0 Å². The molecule has 25 heavy (non-hydrogen) atoms. The first-order valence-electron chi connectivity index (χ1n) is 9.66. The summed E-state index contributed by atoms with van der Waals surface area (Å²) in [6.45, 7) is 1.98. The van der Waals surface area contributed by atoms with Crippen LogP contribution in [0.1, 0.15) is 84.0 Å². The lowest BCUT2D eigenvalue weighted by Crippen LogP contribution is -2.32. The van der Waals surface area contributed by atoms with Crippen molar-refractivity contribution in [2.75, 3.05) is 6.61 Å². The Morgan fingerprint density at radius 1 is 0.920 bits per heavy atom. The summed E-state index contributed by atoms with van der Waals surface area (Å²) in [5.41, 5.74) is 10.5. The number of aliphatic hydroxyl groups is 2. The van der Waals surface area contributed by atoms with Crippen LogP contribution in [0.25, 0.3) is 0 Å². The summed E-state index contributed by atoms with van der Waals surface area (Å²) in [6, 6.07) is -0.677. The van der Waals surface area contributed by atoms with Crippen LogP contribution in [-0.4, -0.2) is 34.9 Å². The van der Waals surface area contributed by atoms with Crippen LogP contribution in [0.3, 0.4) is 0 Å². The van der Waals surface area contributed by atoms with E-state index in [0.29, 0.717) is 0 Å². The summed E-state index contributed by atoms with van der Waals surface area (Å²) in [5, 5.41) is 19.0. The molecule has 0 saturated carbocycles. The van der Waals surface area contributed by atoms with Gasteiger partial charge in [0.1, 0.15) is 6.04 Å². The molecule has 0 radical (unpaired) electrons. The van der Waals surface area contributed by atoms with Gasteiger partial charge in [0.05, 0.1) is 12.7 Å².